The molecule has 0 fully saturated rings. The summed E-state index contributed by atoms with van der Waals surface area (Å²) in [7, 11) is 0. The fraction of sp³-hybridized carbons (Fsp3) is 0.364. The van der Waals surface area contributed by atoms with Crippen molar-refractivity contribution in [2.45, 2.75) is 13.3 Å². The monoisotopic (exact) mass is 207 g/mol. The molecule has 0 aliphatic rings. The summed E-state index contributed by atoms with van der Waals surface area (Å²) in [5.74, 6) is -0.655. The Morgan fingerprint density at radius 2 is 2.00 bits per heavy atom. The van der Waals surface area contributed by atoms with Crippen molar-refractivity contribution in [3.8, 4) is 0 Å². The zero-order valence-electron chi connectivity index (χ0n) is 8.55. The molecule has 0 heterocycles. The average molecular weight is 207 g/mol. The standard InChI is InChI=1S/C11H13NO3/c1-2-9(8-12(14)15)11(13)10-6-4-3-5-7-10/h3-7,9H,2,8H2,1H3. The molecule has 0 aromatic heterocycles. The van der Waals surface area contributed by atoms with Gasteiger partial charge in [-0.05, 0) is 6.42 Å². The number of benzene rings is 1. The second kappa shape index (κ2) is 5.24. The van der Waals surface area contributed by atoms with Crippen LogP contribution >= 0.6 is 0 Å². The van der Waals surface area contributed by atoms with E-state index >= 15 is 0 Å². The number of nitrogens with zero attached hydrogens (tertiary/aromatic N) is 1. The van der Waals surface area contributed by atoms with Crippen molar-refractivity contribution in [1.29, 1.82) is 0 Å². The molecular weight excluding hydrogens is 194 g/mol. The minimum absolute atomic E-state index is 0.144. The van der Waals surface area contributed by atoms with Crippen molar-refractivity contribution in [2.75, 3.05) is 6.54 Å². The molecule has 1 aromatic rings. The minimum Gasteiger partial charge on any atom is -0.294 e. The number of hydrogen-bond acceptors (Lipinski definition) is 3. The highest BCUT2D eigenvalue weighted by atomic mass is 16.6. The molecule has 4 nitrogen and oxygen atoms in total. The number of rotatable bonds is 5. The molecule has 0 aliphatic carbocycles. The quantitative estimate of drug-likeness (QED) is 0.422. The fourth-order valence-electron chi connectivity index (χ4n) is 1.42. The zero-order valence-corrected chi connectivity index (χ0v) is 8.55. The number of Topliss-reactive ketones (excluding diaryl/α,β-unsaturated/α-hetero) is 1. The van der Waals surface area contributed by atoms with Gasteiger partial charge in [0.2, 0.25) is 6.54 Å². The van der Waals surface area contributed by atoms with E-state index in [2.05, 4.69) is 0 Å². The van der Waals surface area contributed by atoms with Gasteiger partial charge in [0.15, 0.2) is 5.78 Å². The first-order valence-corrected chi connectivity index (χ1v) is 4.86. The van der Waals surface area contributed by atoms with Gasteiger partial charge in [-0.2, -0.15) is 0 Å². The second-order valence-electron chi connectivity index (χ2n) is 3.35. The fourth-order valence-corrected chi connectivity index (χ4v) is 1.42. The Kier molecular flexibility index (Phi) is 3.97. The maximum Gasteiger partial charge on any atom is 0.213 e. The molecule has 1 rings (SSSR count). The van der Waals surface area contributed by atoms with Crippen LogP contribution in [0.25, 0.3) is 0 Å². The van der Waals surface area contributed by atoms with Gasteiger partial charge in [-0.15, -0.1) is 0 Å². The van der Waals surface area contributed by atoms with Gasteiger partial charge in [0.05, 0.1) is 5.92 Å². The highest BCUT2D eigenvalue weighted by Gasteiger charge is 2.22. The summed E-state index contributed by atoms with van der Waals surface area (Å²) in [5, 5.41) is 10.4. The van der Waals surface area contributed by atoms with Crippen LogP contribution < -0.4 is 0 Å². The van der Waals surface area contributed by atoms with Gasteiger partial charge < -0.3 is 0 Å². The van der Waals surface area contributed by atoms with E-state index in [1.807, 2.05) is 6.07 Å². The number of nitro groups is 1. The first-order valence-electron chi connectivity index (χ1n) is 4.86. The van der Waals surface area contributed by atoms with E-state index in [0.717, 1.165) is 0 Å². The Hall–Kier alpha value is -1.71. The van der Waals surface area contributed by atoms with Crippen LogP contribution in [0.2, 0.25) is 0 Å². The lowest BCUT2D eigenvalue weighted by molar-refractivity contribution is -0.485. The highest BCUT2D eigenvalue weighted by Crippen LogP contribution is 2.12. The van der Waals surface area contributed by atoms with E-state index in [-0.39, 0.29) is 12.3 Å². The van der Waals surface area contributed by atoms with E-state index in [9.17, 15) is 14.9 Å². The summed E-state index contributed by atoms with van der Waals surface area (Å²) < 4.78 is 0. The zero-order chi connectivity index (χ0) is 11.3. The van der Waals surface area contributed by atoms with Crippen LogP contribution in [-0.4, -0.2) is 17.3 Å². The molecule has 15 heavy (non-hydrogen) atoms. The van der Waals surface area contributed by atoms with Gasteiger partial charge in [0.25, 0.3) is 0 Å². The average Bonchev–Trinajstić information content (AvgIpc) is 2.26. The molecule has 0 saturated heterocycles. The van der Waals surface area contributed by atoms with Crippen molar-refractivity contribution in [3.05, 3.63) is 46.0 Å². The summed E-state index contributed by atoms with van der Waals surface area (Å²) in [6, 6.07) is 8.69. The molecule has 0 spiro atoms. The molecule has 4 heteroatoms. The number of ketones is 1. The smallest absolute Gasteiger partial charge is 0.213 e. The topological polar surface area (TPSA) is 60.2 Å². The van der Waals surface area contributed by atoms with Gasteiger partial charge in [-0.25, -0.2) is 0 Å². The van der Waals surface area contributed by atoms with Crippen molar-refractivity contribution in [1.82, 2.24) is 0 Å². The molecule has 0 saturated carbocycles. The highest BCUT2D eigenvalue weighted by molar-refractivity contribution is 5.97. The summed E-state index contributed by atoms with van der Waals surface area (Å²) >= 11 is 0. The minimum atomic E-state index is -0.512. The Morgan fingerprint density at radius 1 is 1.40 bits per heavy atom. The molecule has 1 aromatic carbocycles. The van der Waals surface area contributed by atoms with Crippen LogP contribution in [0.15, 0.2) is 30.3 Å². The van der Waals surface area contributed by atoms with Gasteiger partial charge in [-0.1, -0.05) is 37.3 Å². The van der Waals surface area contributed by atoms with E-state index in [0.29, 0.717) is 12.0 Å². The predicted octanol–water partition coefficient (Wildman–Crippen LogP) is 2.17. The molecule has 0 amide bonds. The second-order valence-corrected chi connectivity index (χ2v) is 3.35. The molecule has 0 bridgehead atoms. The van der Waals surface area contributed by atoms with E-state index < -0.39 is 10.8 Å². The summed E-state index contributed by atoms with van der Waals surface area (Å²) in [5.41, 5.74) is 0.547. The first kappa shape index (κ1) is 11.4. The molecule has 80 valence electrons. The molecule has 0 radical (unpaired) electrons. The van der Waals surface area contributed by atoms with Crippen molar-refractivity contribution in [3.63, 3.8) is 0 Å². The van der Waals surface area contributed by atoms with Gasteiger partial charge >= 0.3 is 0 Å². The third-order valence-corrected chi connectivity index (χ3v) is 2.29. The Balaban J connectivity index is 2.78. The molecule has 0 aliphatic heterocycles. The van der Waals surface area contributed by atoms with Gasteiger partial charge in [0.1, 0.15) is 0 Å². The predicted molar refractivity (Wildman–Crippen MR) is 56.4 cm³/mol. The van der Waals surface area contributed by atoms with Crippen LogP contribution in [0.5, 0.6) is 0 Å². The van der Waals surface area contributed by atoms with E-state index in [1.165, 1.54) is 0 Å². The molecule has 0 N–H and O–H groups in total. The normalized spacial score (nSPS) is 12.1. The van der Waals surface area contributed by atoms with Crippen LogP contribution in [0, 0.1) is 16.0 Å². The van der Waals surface area contributed by atoms with Crippen molar-refractivity contribution in [2.24, 2.45) is 5.92 Å². The Labute approximate surface area is 88.1 Å². The summed E-state index contributed by atoms with van der Waals surface area (Å²) in [6.07, 6.45) is 0.495. The van der Waals surface area contributed by atoms with Crippen LogP contribution in [-0.2, 0) is 0 Å². The lowest BCUT2D eigenvalue weighted by Crippen LogP contribution is -2.22. The lowest BCUT2D eigenvalue weighted by atomic mass is 9.95. The van der Waals surface area contributed by atoms with Crippen molar-refractivity contribution >= 4 is 5.78 Å². The SMILES string of the molecule is CCC(C[N+](=O)[O-])C(=O)c1ccccc1. The van der Waals surface area contributed by atoms with E-state index in [1.54, 1.807) is 31.2 Å². The lowest BCUT2D eigenvalue weighted by Gasteiger charge is -2.08. The molecular formula is C11H13NO3. The third kappa shape index (κ3) is 3.16. The Bertz CT molecular complexity index is 348. The number of carbonyl (C=O) groups is 1. The van der Waals surface area contributed by atoms with Gasteiger partial charge in [0, 0.05) is 10.5 Å². The summed E-state index contributed by atoms with van der Waals surface area (Å²) in [4.78, 5) is 21.7. The molecule has 1 atom stereocenters. The largest absolute Gasteiger partial charge is 0.294 e. The van der Waals surface area contributed by atoms with Crippen LogP contribution in [0.1, 0.15) is 23.7 Å². The van der Waals surface area contributed by atoms with Crippen molar-refractivity contribution < 1.29 is 9.72 Å². The first-order chi connectivity index (χ1) is 7.15. The van der Waals surface area contributed by atoms with Crippen LogP contribution in [0.4, 0.5) is 0 Å². The third-order valence-electron chi connectivity index (χ3n) is 2.29. The summed E-state index contributed by atoms with van der Waals surface area (Å²) in [6.45, 7) is 1.50. The molecule has 1 unspecified atom stereocenters. The maximum atomic E-state index is 11.8. The van der Waals surface area contributed by atoms with Crippen LogP contribution in [0.3, 0.4) is 0 Å². The van der Waals surface area contributed by atoms with E-state index in [4.69, 9.17) is 0 Å². The van der Waals surface area contributed by atoms with Gasteiger partial charge in [-0.3, -0.25) is 14.9 Å². The maximum absolute atomic E-state index is 11.8. The number of hydrogen-bond donors (Lipinski definition) is 0. The number of carbonyl (C=O) groups excluding carboxylic acids is 1. The Morgan fingerprint density at radius 3 is 2.47 bits per heavy atom.